The molecule has 31 heavy (non-hydrogen) atoms. The predicted octanol–water partition coefficient (Wildman–Crippen LogP) is -3.16. The summed E-state index contributed by atoms with van der Waals surface area (Å²) >= 11 is 0. The highest BCUT2D eigenvalue weighted by atomic mass is 16.4. The van der Waals surface area contributed by atoms with Crippen LogP contribution in [-0.2, 0) is 28.8 Å². The Morgan fingerprint density at radius 2 is 1.23 bits per heavy atom. The second kappa shape index (κ2) is 12.4. The zero-order chi connectivity index (χ0) is 24.5. The van der Waals surface area contributed by atoms with Crippen molar-refractivity contribution >= 4 is 35.6 Å². The number of carboxylic acid groups (broad SMARTS) is 3. The molecular formula is C17H28N4O10. The minimum Gasteiger partial charge on any atom is -0.481 e. The van der Waals surface area contributed by atoms with Crippen molar-refractivity contribution in [3.63, 3.8) is 0 Å². The predicted molar refractivity (Wildman–Crippen MR) is 102 cm³/mol. The molecule has 0 aromatic rings. The van der Waals surface area contributed by atoms with Crippen molar-refractivity contribution in [2.75, 3.05) is 0 Å². The summed E-state index contributed by atoms with van der Waals surface area (Å²) in [6, 6.07) is -6.23. The smallest absolute Gasteiger partial charge is 0.328 e. The van der Waals surface area contributed by atoms with Crippen LogP contribution < -0.4 is 21.7 Å². The van der Waals surface area contributed by atoms with Gasteiger partial charge in [-0.05, 0) is 12.8 Å². The van der Waals surface area contributed by atoms with Gasteiger partial charge >= 0.3 is 17.9 Å². The molecule has 14 nitrogen and oxygen atoms in total. The molecule has 5 unspecified atom stereocenters. The summed E-state index contributed by atoms with van der Waals surface area (Å²) in [4.78, 5) is 69.8. The molecule has 0 spiro atoms. The fraction of sp³-hybridized carbons (Fsp3) is 0.647. The van der Waals surface area contributed by atoms with Crippen LogP contribution in [0.4, 0.5) is 0 Å². The van der Waals surface area contributed by atoms with Gasteiger partial charge in [0.1, 0.15) is 12.1 Å². The highest BCUT2D eigenvalue weighted by molar-refractivity contribution is 5.96. The summed E-state index contributed by atoms with van der Waals surface area (Å²) < 4.78 is 0. The fourth-order valence-electron chi connectivity index (χ4n) is 2.36. The molecule has 0 fully saturated rings. The molecule has 0 aliphatic heterocycles. The number of carboxylic acids is 3. The molecule has 14 heteroatoms. The first-order valence-corrected chi connectivity index (χ1v) is 9.18. The number of aliphatic carboxylic acids is 3. The topological polar surface area (TPSA) is 245 Å². The van der Waals surface area contributed by atoms with Crippen LogP contribution in [0.5, 0.6) is 0 Å². The van der Waals surface area contributed by atoms with E-state index in [2.05, 4.69) is 10.6 Å². The third-order valence-corrected chi connectivity index (χ3v) is 4.04. The minimum absolute atomic E-state index is 0.595. The van der Waals surface area contributed by atoms with E-state index in [0.717, 1.165) is 6.92 Å². The Bertz CT molecular complexity index is 709. The number of aliphatic hydroxyl groups is 1. The van der Waals surface area contributed by atoms with Gasteiger partial charge in [-0.1, -0.05) is 13.8 Å². The van der Waals surface area contributed by atoms with Crippen molar-refractivity contribution in [3.8, 4) is 0 Å². The van der Waals surface area contributed by atoms with Crippen LogP contribution in [-0.4, -0.2) is 86.3 Å². The molecule has 5 atom stereocenters. The number of nitrogens with one attached hydrogen (secondary N) is 3. The van der Waals surface area contributed by atoms with Gasteiger partial charge in [-0.15, -0.1) is 0 Å². The molecule has 9 N–H and O–H groups in total. The normalized spacial score (nSPS) is 15.7. The monoisotopic (exact) mass is 448 g/mol. The Labute approximate surface area is 177 Å². The maximum Gasteiger partial charge on any atom is 0.328 e. The van der Waals surface area contributed by atoms with Crippen molar-refractivity contribution in [1.82, 2.24) is 16.0 Å². The summed E-state index contributed by atoms with van der Waals surface area (Å²) in [6.45, 7) is 4.16. The van der Waals surface area contributed by atoms with Gasteiger partial charge in [0, 0.05) is 0 Å². The van der Waals surface area contributed by atoms with Crippen molar-refractivity contribution in [2.24, 2.45) is 11.7 Å². The zero-order valence-electron chi connectivity index (χ0n) is 17.2. The van der Waals surface area contributed by atoms with E-state index in [1.807, 2.05) is 5.32 Å². The number of carbonyl (C=O) groups excluding carboxylic acids is 3. The lowest BCUT2D eigenvalue weighted by molar-refractivity contribution is -0.146. The first-order chi connectivity index (χ1) is 14.2. The molecule has 0 aromatic heterocycles. The Kier molecular flexibility index (Phi) is 11.1. The number of hydrogen-bond donors (Lipinski definition) is 8. The van der Waals surface area contributed by atoms with Crippen LogP contribution in [0.25, 0.3) is 0 Å². The zero-order valence-corrected chi connectivity index (χ0v) is 17.2. The summed E-state index contributed by atoms with van der Waals surface area (Å²) in [5, 5.41) is 42.5. The van der Waals surface area contributed by atoms with Crippen LogP contribution in [0, 0.1) is 5.92 Å². The van der Waals surface area contributed by atoms with Crippen molar-refractivity contribution in [3.05, 3.63) is 0 Å². The summed E-state index contributed by atoms with van der Waals surface area (Å²) in [6.07, 6.45) is -3.10. The van der Waals surface area contributed by atoms with Crippen molar-refractivity contribution < 1.29 is 49.2 Å². The quantitative estimate of drug-likeness (QED) is 0.140. The molecule has 0 rings (SSSR count). The van der Waals surface area contributed by atoms with Gasteiger partial charge in [0.2, 0.25) is 17.7 Å². The molecule has 176 valence electrons. The van der Waals surface area contributed by atoms with Crippen LogP contribution in [0.1, 0.15) is 33.6 Å². The van der Waals surface area contributed by atoms with Gasteiger partial charge in [0.15, 0.2) is 6.04 Å². The average Bonchev–Trinajstić information content (AvgIpc) is 2.61. The lowest BCUT2D eigenvalue weighted by Gasteiger charge is -2.27. The number of amides is 3. The van der Waals surface area contributed by atoms with Crippen LogP contribution in [0.2, 0.25) is 0 Å². The first kappa shape index (κ1) is 27.7. The van der Waals surface area contributed by atoms with Crippen molar-refractivity contribution in [1.29, 1.82) is 0 Å². The van der Waals surface area contributed by atoms with Gasteiger partial charge in [-0.3, -0.25) is 24.0 Å². The Balaban J connectivity index is 5.46. The molecule has 3 amide bonds. The average molecular weight is 448 g/mol. The van der Waals surface area contributed by atoms with E-state index >= 15 is 0 Å². The molecule has 0 heterocycles. The molecule has 0 saturated carbocycles. The van der Waals surface area contributed by atoms with E-state index in [1.54, 1.807) is 0 Å². The molecule has 0 aromatic carbocycles. The van der Waals surface area contributed by atoms with E-state index in [0.29, 0.717) is 0 Å². The number of rotatable bonds is 13. The van der Waals surface area contributed by atoms with Gasteiger partial charge < -0.3 is 42.1 Å². The van der Waals surface area contributed by atoms with E-state index in [4.69, 9.17) is 21.1 Å². The van der Waals surface area contributed by atoms with E-state index in [1.165, 1.54) is 13.8 Å². The lowest BCUT2D eigenvalue weighted by Crippen LogP contribution is -2.59. The Morgan fingerprint density at radius 1 is 0.742 bits per heavy atom. The maximum atomic E-state index is 12.5. The second-order valence-electron chi connectivity index (χ2n) is 7.16. The highest BCUT2D eigenvalue weighted by Crippen LogP contribution is 2.06. The summed E-state index contributed by atoms with van der Waals surface area (Å²) in [5.41, 5.74) is 5.39. The minimum atomic E-state index is -1.69. The third-order valence-electron chi connectivity index (χ3n) is 4.04. The Morgan fingerprint density at radius 3 is 1.61 bits per heavy atom. The summed E-state index contributed by atoms with van der Waals surface area (Å²) in [7, 11) is 0. The first-order valence-electron chi connectivity index (χ1n) is 9.18. The highest BCUT2D eigenvalue weighted by Gasteiger charge is 2.34. The number of aliphatic hydroxyl groups excluding tert-OH is 1. The maximum absolute atomic E-state index is 12.5. The molecule has 0 saturated heterocycles. The second-order valence-corrected chi connectivity index (χ2v) is 7.16. The largest absolute Gasteiger partial charge is 0.481 e. The molecule has 0 radical (unpaired) electrons. The van der Waals surface area contributed by atoms with Gasteiger partial charge in [0.25, 0.3) is 0 Å². The fourth-order valence-corrected chi connectivity index (χ4v) is 2.36. The van der Waals surface area contributed by atoms with Gasteiger partial charge in [0.05, 0.1) is 25.0 Å². The standard InChI is InChI=1S/C17H28N4O10/c1-6(2)12(16(29)21-13(7(3)22)17(30)31)20-15(28)9(5-11(25)26)19-14(27)8(18)4-10(23)24/h6-9,12-13,22H,4-5,18H2,1-3H3,(H,19,27)(H,20,28)(H,21,29)(H,23,24)(H,25,26)(H,30,31). The molecule has 0 aliphatic carbocycles. The molecule has 0 aliphatic rings. The van der Waals surface area contributed by atoms with E-state index in [-0.39, 0.29) is 0 Å². The van der Waals surface area contributed by atoms with E-state index in [9.17, 15) is 33.9 Å². The number of nitrogens with two attached hydrogens (primary N) is 1. The number of carbonyl (C=O) groups is 6. The van der Waals surface area contributed by atoms with Gasteiger partial charge in [-0.25, -0.2) is 4.79 Å². The van der Waals surface area contributed by atoms with Crippen molar-refractivity contribution in [2.45, 2.75) is 63.9 Å². The van der Waals surface area contributed by atoms with E-state index < -0.39 is 84.7 Å². The van der Waals surface area contributed by atoms with Crippen LogP contribution in [0.3, 0.4) is 0 Å². The molecule has 0 bridgehead atoms. The third kappa shape index (κ3) is 9.86. The molecular weight excluding hydrogens is 420 g/mol. The Hall–Kier alpha value is -3.26. The number of hydrogen-bond acceptors (Lipinski definition) is 8. The summed E-state index contributed by atoms with van der Waals surface area (Å²) in [5.74, 6) is -8.10. The SMILES string of the molecule is CC(C)C(NC(=O)C(CC(=O)O)NC(=O)C(N)CC(=O)O)C(=O)NC(C(=O)O)C(C)O. The van der Waals surface area contributed by atoms with Crippen LogP contribution in [0.15, 0.2) is 0 Å². The van der Waals surface area contributed by atoms with Gasteiger partial charge in [-0.2, -0.15) is 0 Å². The lowest BCUT2D eigenvalue weighted by atomic mass is 10.0. The van der Waals surface area contributed by atoms with Crippen LogP contribution >= 0.6 is 0 Å².